The van der Waals surface area contributed by atoms with Gasteiger partial charge in [0.15, 0.2) is 0 Å². The minimum absolute atomic E-state index is 0.126. The van der Waals surface area contributed by atoms with Crippen LogP contribution in [0.15, 0.2) is 0 Å². The van der Waals surface area contributed by atoms with Crippen molar-refractivity contribution in [2.75, 3.05) is 26.4 Å². The molecule has 0 aromatic rings. The molecule has 2 atom stereocenters. The number of carbonyl (C=O) groups is 2. The summed E-state index contributed by atoms with van der Waals surface area (Å²) in [6, 6.07) is 0. The van der Waals surface area contributed by atoms with Gasteiger partial charge >= 0.3 is 11.9 Å². The monoisotopic (exact) mass is 306 g/mol. The lowest BCUT2D eigenvalue weighted by molar-refractivity contribution is -0.149. The zero-order valence-corrected chi connectivity index (χ0v) is 14.1. The third-order valence-electron chi connectivity index (χ3n) is 1.99. The van der Waals surface area contributed by atoms with Crippen LogP contribution in [0, 0.1) is 0 Å². The molecule has 0 amide bonds. The number of hydrogen-bond donors (Lipinski definition) is 0. The van der Waals surface area contributed by atoms with Crippen molar-refractivity contribution in [1.29, 1.82) is 0 Å². The summed E-state index contributed by atoms with van der Waals surface area (Å²) in [7, 11) is 0. The molecule has 0 radical (unpaired) electrons. The van der Waals surface area contributed by atoms with Crippen molar-refractivity contribution in [2.24, 2.45) is 0 Å². The lowest BCUT2D eigenvalue weighted by Gasteiger charge is -2.11. The number of rotatable bonds is 9. The molecule has 0 aliphatic carbocycles. The quantitative estimate of drug-likeness (QED) is 0.481. The van der Waals surface area contributed by atoms with Crippen LogP contribution in [-0.2, 0) is 28.5 Å². The van der Waals surface area contributed by atoms with Gasteiger partial charge in [-0.3, -0.25) is 9.59 Å². The van der Waals surface area contributed by atoms with E-state index in [2.05, 4.69) is 0 Å². The van der Waals surface area contributed by atoms with Crippen molar-refractivity contribution in [2.45, 2.75) is 60.2 Å². The molecule has 0 spiro atoms. The minimum atomic E-state index is -0.257. The van der Waals surface area contributed by atoms with Gasteiger partial charge in [0, 0.05) is 27.1 Å². The number of hydrogen-bond acceptors (Lipinski definition) is 6. The molecule has 0 aromatic heterocycles. The van der Waals surface area contributed by atoms with Gasteiger partial charge in [-0.2, -0.15) is 0 Å². The molecule has 0 bridgehead atoms. The van der Waals surface area contributed by atoms with Gasteiger partial charge in [0.1, 0.15) is 12.2 Å². The summed E-state index contributed by atoms with van der Waals surface area (Å²) in [5.41, 5.74) is 0. The molecule has 2 unspecified atom stereocenters. The van der Waals surface area contributed by atoms with E-state index in [0.717, 1.165) is 13.0 Å². The smallest absolute Gasteiger partial charge is 0.302 e. The normalized spacial score (nSPS) is 12.7. The zero-order valence-electron chi connectivity index (χ0n) is 14.1. The van der Waals surface area contributed by atoms with E-state index in [-0.39, 0.29) is 24.1 Å². The summed E-state index contributed by atoms with van der Waals surface area (Å²) < 4.78 is 19.8. The van der Waals surface area contributed by atoms with Crippen molar-refractivity contribution >= 4 is 11.9 Å². The Bertz CT molecular complexity index is 267. The lowest BCUT2D eigenvalue weighted by Crippen LogP contribution is -2.18. The van der Waals surface area contributed by atoms with E-state index in [0.29, 0.717) is 19.8 Å². The van der Waals surface area contributed by atoms with Crippen molar-refractivity contribution in [1.82, 2.24) is 0 Å². The molecule has 6 nitrogen and oxygen atoms in total. The van der Waals surface area contributed by atoms with Crippen molar-refractivity contribution in [3.63, 3.8) is 0 Å². The first-order valence-electron chi connectivity index (χ1n) is 7.33. The highest BCUT2D eigenvalue weighted by Crippen LogP contribution is 1.93. The van der Waals surface area contributed by atoms with Crippen LogP contribution in [0.4, 0.5) is 0 Å². The third-order valence-corrected chi connectivity index (χ3v) is 1.99. The van der Waals surface area contributed by atoms with Crippen LogP contribution < -0.4 is 0 Å². The van der Waals surface area contributed by atoms with Crippen LogP contribution in [0.25, 0.3) is 0 Å². The van der Waals surface area contributed by atoms with E-state index in [1.54, 1.807) is 6.92 Å². The molecule has 0 saturated heterocycles. The molecule has 0 rings (SSSR count). The number of esters is 2. The highest BCUT2D eigenvalue weighted by atomic mass is 16.6. The molecular formula is C15H30O6. The van der Waals surface area contributed by atoms with Crippen LogP contribution >= 0.6 is 0 Å². The second kappa shape index (κ2) is 15.3. The molecule has 0 heterocycles. The van der Waals surface area contributed by atoms with Crippen LogP contribution in [0.5, 0.6) is 0 Å². The van der Waals surface area contributed by atoms with Gasteiger partial charge in [0.05, 0.1) is 13.2 Å². The van der Waals surface area contributed by atoms with E-state index in [4.69, 9.17) is 18.9 Å². The standard InChI is InChI=1S/C8H16O3.C7H14O3/c1-4-5-10-6-7(2)11-8(3)9;1-4-9-5-6(2)10-7(3)8/h7H,4-6H2,1-3H3;6H,4-5H2,1-3H3. The Balaban J connectivity index is 0. The fourth-order valence-corrected chi connectivity index (χ4v) is 1.31. The largest absolute Gasteiger partial charge is 0.460 e. The number of carbonyl (C=O) groups excluding carboxylic acids is 2. The van der Waals surface area contributed by atoms with Gasteiger partial charge in [-0.15, -0.1) is 0 Å². The fourth-order valence-electron chi connectivity index (χ4n) is 1.31. The Morgan fingerprint density at radius 1 is 0.857 bits per heavy atom. The minimum Gasteiger partial charge on any atom is -0.460 e. The average molecular weight is 306 g/mol. The molecule has 0 aliphatic heterocycles. The van der Waals surface area contributed by atoms with Crippen LogP contribution in [0.1, 0.15) is 48.0 Å². The lowest BCUT2D eigenvalue weighted by atomic mass is 10.4. The van der Waals surface area contributed by atoms with E-state index < -0.39 is 0 Å². The van der Waals surface area contributed by atoms with Gasteiger partial charge in [-0.1, -0.05) is 6.92 Å². The summed E-state index contributed by atoms with van der Waals surface area (Å²) >= 11 is 0. The Morgan fingerprint density at radius 3 is 1.62 bits per heavy atom. The van der Waals surface area contributed by atoms with Crippen molar-refractivity contribution in [3.05, 3.63) is 0 Å². The summed E-state index contributed by atoms with van der Waals surface area (Å²) in [6.45, 7) is 12.7. The summed E-state index contributed by atoms with van der Waals surface area (Å²) in [4.78, 5) is 20.7. The first kappa shape index (κ1) is 22.1. The van der Waals surface area contributed by atoms with Gasteiger partial charge in [0.2, 0.25) is 0 Å². The van der Waals surface area contributed by atoms with E-state index in [1.165, 1.54) is 13.8 Å². The molecule has 21 heavy (non-hydrogen) atoms. The molecule has 0 fully saturated rings. The SMILES string of the molecule is CCCOCC(C)OC(C)=O.CCOCC(C)OC(C)=O. The summed E-state index contributed by atoms with van der Waals surface area (Å²) in [5, 5.41) is 0. The topological polar surface area (TPSA) is 71.1 Å². The van der Waals surface area contributed by atoms with Gasteiger partial charge in [-0.05, 0) is 27.2 Å². The molecule has 126 valence electrons. The summed E-state index contributed by atoms with van der Waals surface area (Å²) in [5.74, 6) is -0.509. The Morgan fingerprint density at radius 2 is 1.29 bits per heavy atom. The maximum Gasteiger partial charge on any atom is 0.302 e. The highest BCUT2D eigenvalue weighted by molar-refractivity contribution is 5.66. The van der Waals surface area contributed by atoms with E-state index in [1.807, 2.05) is 20.8 Å². The predicted octanol–water partition coefficient (Wildman–Crippen LogP) is 2.34. The fraction of sp³-hybridized carbons (Fsp3) is 0.867. The molecular weight excluding hydrogens is 276 g/mol. The maximum atomic E-state index is 10.4. The first-order valence-corrected chi connectivity index (χ1v) is 7.33. The van der Waals surface area contributed by atoms with Crippen molar-refractivity contribution < 1.29 is 28.5 Å². The third kappa shape index (κ3) is 21.3. The van der Waals surface area contributed by atoms with E-state index in [9.17, 15) is 9.59 Å². The van der Waals surface area contributed by atoms with Crippen LogP contribution in [0.3, 0.4) is 0 Å². The summed E-state index contributed by atoms with van der Waals surface area (Å²) in [6.07, 6.45) is 0.740. The molecule has 6 heteroatoms. The Kier molecular flexibility index (Phi) is 16.1. The van der Waals surface area contributed by atoms with Crippen LogP contribution in [0.2, 0.25) is 0 Å². The maximum absolute atomic E-state index is 10.4. The molecule has 0 saturated carbocycles. The predicted molar refractivity (Wildman–Crippen MR) is 80.1 cm³/mol. The van der Waals surface area contributed by atoms with Crippen molar-refractivity contribution in [3.8, 4) is 0 Å². The Labute approximate surface area is 128 Å². The Hall–Kier alpha value is -1.14. The molecule has 0 aliphatic rings. The van der Waals surface area contributed by atoms with Gasteiger partial charge < -0.3 is 18.9 Å². The second-order valence-electron chi connectivity index (χ2n) is 4.57. The molecule has 0 aromatic carbocycles. The van der Waals surface area contributed by atoms with Crippen LogP contribution in [-0.4, -0.2) is 50.6 Å². The average Bonchev–Trinajstić information content (AvgIpc) is 2.35. The first-order chi connectivity index (χ1) is 9.83. The van der Waals surface area contributed by atoms with E-state index >= 15 is 0 Å². The molecule has 0 N–H and O–H groups in total. The number of ether oxygens (including phenoxy) is 4. The highest BCUT2D eigenvalue weighted by Gasteiger charge is 2.04. The zero-order chi connectivity index (χ0) is 16.7. The van der Waals surface area contributed by atoms with Gasteiger partial charge in [0.25, 0.3) is 0 Å². The second-order valence-corrected chi connectivity index (χ2v) is 4.57. The van der Waals surface area contributed by atoms with Gasteiger partial charge in [-0.25, -0.2) is 0 Å².